The van der Waals surface area contributed by atoms with Crippen LogP contribution in [0.1, 0.15) is 19.3 Å². The number of nitrogens with zero attached hydrogens (tertiary/aromatic N) is 1. The summed E-state index contributed by atoms with van der Waals surface area (Å²) < 4.78 is 5.69. The Morgan fingerprint density at radius 2 is 2.25 bits per heavy atom. The van der Waals surface area contributed by atoms with Crippen LogP contribution in [-0.4, -0.2) is 49.3 Å². The summed E-state index contributed by atoms with van der Waals surface area (Å²) in [6.07, 6.45) is 3.34. The molecule has 2 fully saturated rings. The highest BCUT2D eigenvalue weighted by atomic mass is 35.5. The number of piperidine rings is 1. The third-order valence-electron chi connectivity index (χ3n) is 3.22. The summed E-state index contributed by atoms with van der Waals surface area (Å²) in [4.78, 5) is 13.0. The van der Waals surface area contributed by atoms with Gasteiger partial charge < -0.3 is 20.7 Å². The lowest BCUT2D eigenvalue weighted by atomic mass is 9.97. The smallest absolute Gasteiger partial charge is 0.315 e. The van der Waals surface area contributed by atoms with E-state index < -0.39 is 0 Å². The van der Waals surface area contributed by atoms with E-state index in [2.05, 4.69) is 5.32 Å². The van der Waals surface area contributed by atoms with Gasteiger partial charge in [-0.2, -0.15) is 0 Å². The number of primary amides is 1. The predicted octanol–water partition coefficient (Wildman–Crippen LogP) is 0.330. The quantitative estimate of drug-likeness (QED) is 0.704. The van der Waals surface area contributed by atoms with Crippen molar-refractivity contribution < 1.29 is 9.53 Å². The molecule has 0 spiro atoms. The molecule has 2 heterocycles. The minimum absolute atomic E-state index is 0. The molecule has 3 N–H and O–H groups in total. The molecule has 2 atom stereocenters. The lowest BCUT2D eigenvalue weighted by Crippen LogP contribution is -2.56. The van der Waals surface area contributed by atoms with E-state index in [1.54, 1.807) is 4.90 Å². The van der Waals surface area contributed by atoms with Crippen LogP contribution in [0.15, 0.2) is 0 Å². The van der Waals surface area contributed by atoms with E-state index in [9.17, 15) is 4.79 Å². The summed E-state index contributed by atoms with van der Waals surface area (Å²) >= 11 is 0. The topological polar surface area (TPSA) is 67.6 Å². The Morgan fingerprint density at radius 3 is 2.88 bits per heavy atom. The number of carbonyl (C=O) groups excluding carboxylic acids is 1. The average Bonchev–Trinajstić information content (AvgIpc) is 2.30. The molecule has 94 valence electrons. The monoisotopic (exact) mass is 249 g/mol. The number of ether oxygens (including phenoxy) is 1. The maximum Gasteiger partial charge on any atom is 0.315 e. The number of halogens is 1. The van der Waals surface area contributed by atoms with E-state index in [0.29, 0.717) is 0 Å². The van der Waals surface area contributed by atoms with Crippen LogP contribution in [0.5, 0.6) is 0 Å². The Morgan fingerprint density at radius 1 is 1.44 bits per heavy atom. The van der Waals surface area contributed by atoms with Crippen LogP contribution in [0.25, 0.3) is 0 Å². The highest BCUT2D eigenvalue weighted by molar-refractivity contribution is 5.85. The fourth-order valence-electron chi connectivity index (χ4n) is 2.45. The number of rotatable bonds is 1. The maximum absolute atomic E-state index is 11.3. The van der Waals surface area contributed by atoms with Crippen molar-refractivity contribution in [1.29, 1.82) is 0 Å². The summed E-state index contributed by atoms with van der Waals surface area (Å²) in [7, 11) is 0. The molecule has 2 unspecified atom stereocenters. The van der Waals surface area contributed by atoms with E-state index in [1.807, 2.05) is 0 Å². The van der Waals surface area contributed by atoms with Gasteiger partial charge in [0.25, 0.3) is 0 Å². The summed E-state index contributed by atoms with van der Waals surface area (Å²) in [5, 5.41) is 3.29. The lowest BCUT2D eigenvalue weighted by molar-refractivity contribution is -0.0303. The number of amides is 2. The zero-order valence-electron chi connectivity index (χ0n) is 9.35. The van der Waals surface area contributed by atoms with Crippen LogP contribution in [0.4, 0.5) is 4.79 Å². The third-order valence-corrected chi connectivity index (χ3v) is 3.22. The van der Waals surface area contributed by atoms with Crippen LogP contribution >= 0.6 is 12.4 Å². The van der Waals surface area contributed by atoms with Crippen molar-refractivity contribution in [2.24, 2.45) is 5.73 Å². The number of nitrogens with one attached hydrogen (secondary N) is 1. The highest BCUT2D eigenvalue weighted by Gasteiger charge is 2.33. The summed E-state index contributed by atoms with van der Waals surface area (Å²) in [5.74, 6) is 0. The van der Waals surface area contributed by atoms with Crippen LogP contribution in [0.2, 0.25) is 0 Å². The molecule has 2 aliphatic heterocycles. The molecule has 0 aromatic heterocycles. The lowest BCUT2D eigenvalue weighted by Gasteiger charge is -2.40. The van der Waals surface area contributed by atoms with Crippen molar-refractivity contribution in [2.75, 3.05) is 26.2 Å². The molecule has 16 heavy (non-hydrogen) atoms. The first-order chi connectivity index (χ1) is 7.29. The molecule has 0 bridgehead atoms. The summed E-state index contributed by atoms with van der Waals surface area (Å²) in [6.45, 7) is 3.24. The average molecular weight is 250 g/mol. The van der Waals surface area contributed by atoms with Gasteiger partial charge in [-0.15, -0.1) is 12.4 Å². The number of likely N-dealkylation sites (tertiary alicyclic amines) is 1. The number of hydrogen-bond acceptors (Lipinski definition) is 3. The van der Waals surface area contributed by atoms with Crippen molar-refractivity contribution in [1.82, 2.24) is 10.2 Å². The van der Waals surface area contributed by atoms with Crippen molar-refractivity contribution in [3.8, 4) is 0 Å². The number of carbonyl (C=O) groups is 1. The number of hydrogen-bond donors (Lipinski definition) is 2. The van der Waals surface area contributed by atoms with Crippen molar-refractivity contribution in [3.63, 3.8) is 0 Å². The van der Waals surface area contributed by atoms with Crippen LogP contribution < -0.4 is 11.1 Å². The largest absolute Gasteiger partial charge is 0.373 e. The van der Waals surface area contributed by atoms with E-state index in [0.717, 1.165) is 45.5 Å². The molecular formula is C10H20ClN3O2. The molecule has 2 amide bonds. The first-order valence-corrected chi connectivity index (χ1v) is 5.67. The van der Waals surface area contributed by atoms with Crippen molar-refractivity contribution in [3.05, 3.63) is 0 Å². The summed E-state index contributed by atoms with van der Waals surface area (Å²) in [6, 6.07) is -0.141. The Hall–Kier alpha value is -0.520. The van der Waals surface area contributed by atoms with E-state index in [1.165, 1.54) is 0 Å². The van der Waals surface area contributed by atoms with E-state index in [-0.39, 0.29) is 30.6 Å². The van der Waals surface area contributed by atoms with Gasteiger partial charge in [0.1, 0.15) is 0 Å². The van der Waals surface area contributed by atoms with Crippen LogP contribution in [0.3, 0.4) is 0 Å². The van der Waals surface area contributed by atoms with Crippen molar-refractivity contribution >= 4 is 18.4 Å². The van der Waals surface area contributed by atoms with Gasteiger partial charge in [0.2, 0.25) is 0 Å². The van der Waals surface area contributed by atoms with Gasteiger partial charge in [0.05, 0.1) is 18.8 Å². The standard InChI is InChI=1S/C10H19N3O2.ClH/c11-10(14)13-5-2-1-3-8(13)9-7-12-4-6-15-9;/h8-9,12H,1-7H2,(H2,11,14);1H. The fraction of sp³-hybridized carbons (Fsp3) is 0.900. The van der Waals surface area contributed by atoms with Crippen molar-refractivity contribution in [2.45, 2.75) is 31.4 Å². The van der Waals surface area contributed by atoms with Gasteiger partial charge in [0.15, 0.2) is 0 Å². The number of nitrogens with two attached hydrogens (primary N) is 1. The molecular weight excluding hydrogens is 230 g/mol. The second kappa shape index (κ2) is 6.27. The number of morpholine rings is 1. The third kappa shape index (κ3) is 2.99. The van der Waals surface area contributed by atoms with Gasteiger partial charge >= 0.3 is 6.03 Å². The second-order valence-electron chi connectivity index (χ2n) is 4.21. The number of urea groups is 1. The second-order valence-corrected chi connectivity index (χ2v) is 4.21. The first kappa shape index (κ1) is 13.5. The zero-order chi connectivity index (χ0) is 10.7. The van der Waals surface area contributed by atoms with Crippen LogP contribution in [0, 0.1) is 0 Å². The molecule has 2 saturated heterocycles. The van der Waals surface area contributed by atoms with Gasteiger partial charge in [-0.25, -0.2) is 4.79 Å². The molecule has 6 heteroatoms. The Kier molecular flexibility index (Phi) is 5.31. The van der Waals surface area contributed by atoms with E-state index >= 15 is 0 Å². The minimum Gasteiger partial charge on any atom is -0.373 e. The first-order valence-electron chi connectivity index (χ1n) is 5.67. The molecule has 2 rings (SSSR count). The normalized spacial score (nSPS) is 30.6. The van der Waals surface area contributed by atoms with Crippen LogP contribution in [-0.2, 0) is 4.74 Å². The van der Waals surface area contributed by atoms with Gasteiger partial charge in [0, 0.05) is 19.6 Å². The van der Waals surface area contributed by atoms with E-state index in [4.69, 9.17) is 10.5 Å². The zero-order valence-corrected chi connectivity index (χ0v) is 10.2. The SMILES string of the molecule is Cl.NC(=O)N1CCCCC1C1CNCCO1. The Bertz CT molecular complexity index is 234. The molecule has 0 radical (unpaired) electrons. The molecule has 0 aromatic rings. The minimum atomic E-state index is -0.311. The van der Waals surface area contributed by atoms with Gasteiger partial charge in [-0.1, -0.05) is 0 Å². The Balaban J connectivity index is 0.00000128. The Labute approximate surface area is 102 Å². The van der Waals surface area contributed by atoms with Gasteiger partial charge in [-0.3, -0.25) is 0 Å². The fourth-order valence-corrected chi connectivity index (χ4v) is 2.45. The molecule has 0 aliphatic carbocycles. The summed E-state index contributed by atoms with van der Waals surface area (Å²) in [5.41, 5.74) is 5.38. The highest BCUT2D eigenvalue weighted by Crippen LogP contribution is 2.21. The van der Waals surface area contributed by atoms with Gasteiger partial charge in [-0.05, 0) is 19.3 Å². The molecule has 0 saturated carbocycles. The predicted molar refractivity (Wildman–Crippen MR) is 63.8 cm³/mol. The molecule has 5 nitrogen and oxygen atoms in total. The maximum atomic E-state index is 11.3. The molecule has 2 aliphatic rings. The molecule has 0 aromatic carbocycles.